The highest BCUT2D eigenvalue weighted by molar-refractivity contribution is 14.1. The van der Waals surface area contributed by atoms with Crippen molar-refractivity contribution in [3.8, 4) is 0 Å². The smallest absolute Gasteiger partial charge is 0.126 e. The van der Waals surface area contributed by atoms with E-state index in [1.54, 1.807) is 0 Å². The summed E-state index contributed by atoms with van der Waals surface area (Å²) in [6.45, 7) is 0. The molecule has 0 atom stereocenters. The van der Waals surface area contributed by atoms with E-state index in [4.69, 9.17) is 0 Å². The summed E-state index contributed by atoms with van der Waals surface area (Å²) in [6, 6.07) is 3.53. The van der Waals surface area contributed by atoms with Crippen molar-refractivity contribution < 1.29 is 8.78 Å². The quantitative estimate of drug-likeness (QED) is 0.534. The SMILES string of the molecule is Fc1cc(F)cc(CI)c1. The molecule has 0 aliphatic heterocycles. The molecule has 0 saturated carbocycles. The molecular weight excluding hydrogens is 249 g/mol. The fourth-order valence-electron chi connectivity index (χ4n) is 0.688. The molecule has 0 heterocycles. The van der Waals surface area contributed by atoms with Gasteiger partial charge in [-0.25, -0.2) is 8.78 Å². The van der Waals surface area contributed by atoms with Gasteiger partial charge >= 0.3 is 0 Å². The van der Waals surface area contributed by atoms with Crippen LogP contribution in [0.3, 0.4) is 0 Å². The number of halogens is 3. The lowest BCUT2D eigenvalue weighted by Gasteiger charge is -1.94. The van der Waals surface area contributed by atoms with Gasteiger partial charge in [-0.1, -0.05) is 22.6 Å². The third kappa shape index (κ3) is 1.90. The van der Waals surface area contributed by atoms with Gasteiger partial charge in [-0.3, -0.25) is 0 Å². The molecule has 0 fully saturated rings. The van der Waals surface area contributed by atoms with Crippen molar-refractivity contribution in [2.24, 2.45) is 0 Å². The predicted octanol–water partition coefficient (Wildman–Crippen LogP) is 2.90. The maximum absolute atomic E-state index is 12.4. The van der Waals surface area contributed by atoms with E-state index in [-0.39, 0.29) is 0 Å². The highest BCUT2D eigenvalue weighted by Crippen LogP contribution is 2.10. The van der Waals surface area contributed by atoms with Crippen LogP contribution >= 0.6 is 22.6 Å². The van der Waals surface area contributed by atoms with Crippen molar-refractivity contribution in [2.75, 3.05) is 0 Å². The number of alkyl halides is 1. The minimum absolute atomic E-state index is 0.508. The summed E-state index contributed by atoms with van der Waals surface area (Å²) < 4.78 is 25.4. The van der Waals surface area contributed by atoms with Gasteiger partial charge in [0.15, 0.2) is 0 Å². The molecule has 1 rings (SSSR count). The Hall–Kier alpha value is -0.190. The average Bonchev–Trinajstić information content (AvgIpc) is 1.85. The zero-order chi connectivity index (χ0) is 7.56. The molecule has 0 unspecified atom stereocenters. The minimum Gasteiger partial charge on any atom is -0.207 e. The zero-order valence-electron chi connectivity index (χ0n) is 5.07. The van der Waals surface area contributed by atoms with Gasteiger partial charge in [0.05, 0.1) is 0 Å². The summed E-state index contributed by atoms with van der Waals surface area (Å²) in [5.74, 6) is -1.02. The van der Waals surface area contributed by atoms with Gasteiger partial charge in [0, 0.05) is 10.5 Å². The lowest BCUT2D eigenvalue weighted by molar-refractivity contribution is 0.581. The van der Waals surface area contributed by atoms with Crippen LogP contribution in [0.25, 0.3) is 0 Å². The number of hydrogen-bond acceptors (Lipinski definition) is 0. The van der Waals surface area contributed by atoms with Gasteiger partial charge in [-0.2, -0.15) is 0 Å². The first kappa shape index (κ1) is 7.91. The van der Waals surface area contributed by atoms with Crippen molar-refractivity contribution in [1.82, 2.24) is 0 Å². The Morgan fingerprint density at radius 2 is 1.60 bits per heavy atom. The number of benzene rings is 1. The summed E-state index contributed by atoms with van der Waals surface area (Å²) >= 11 is 2.05. The number of rotatable bonds is 1. The maximum Gasteiger partial charge on any atom is 0.126 e. The molecule has 54 valence electrons. The summed E-state index contributed by atoms with van der Waals surface area (Å²) in [6.07, 6.45) is 0. The maximum atomic E-state index is 12.4. The molecule has 1 aromatic carbocycles. The Kier molecular flexibility index (Phi) is 2.59. The fraction of sp³-hybridized carbons (Fsp3) is 0.143. The standard InChI is InChI=1S/C7H5F2I/c8-6-1-5(4-10)2-7(9)3-6/h1-3H,4H2. The van der Waals surface area contributed by atoms with Crippen LogP contribution in [0, 0.1) is 11.6 Å². The van der Waals surface area contributed by atoms with Crippen molar-refractivity contribution in [1.29, 1.82) is 0 Å². The first-order chi connectivity index (χ1) is 4.72. The van der Waals surface area contributed by atoms with E-state index >= 15 is 0 Å². The molecule has 0 aliphatic carbocycles. The molecular formula is C7H5F2I. The average molecular weight is 254 g/mol. The summed E-state index contributed by atoms with van der Waals surface area (Å²) in [5.41, 5.74) is 0.679. The highest BCUT2D eigenvalue weighted by Gasteiger charge is 1.97. The molecule has 0 aromatic heterocycles. The van der Waals surface area contributed by atoms with Gasteiger partial charge in [-0.15, -0.1) is 0 Å². The second kappa shape index (κ2) is 3.27. The third-order valence-electron chi connectivity index (χ3n) is 1.08. The summed E-state index contributed by atoms with van der Waals surface area (Å²) in [7, 11) is 0. The van der Waals surface area contributed by atoms with Gasteiger partial charge in [0.2, 0.25) is 0 Å². The molecule has 0 nitrogen and oxygen atoms in total. The topological polar surface area (TPSA) is 0 Å². The normalized spacial score (nSPS) is 9.90. The van der Waals surface area contributed by atoms with E-state index in [1.165, 1.54) is 12.1 Å². The van der Waals surface area contributed by atoms with Crippen molar-refractivity contribution >= 4 is 22.6 Å². The van der Waals surface area contributed by atoms with Gasteiger partial charge in [-0.05, 0) is 17.7 Å². The van der Waals surface area contributed by atoms with E-state index in [9.17, 15) is 8.78 Å². The van der Waals surface area contributed by atoms with Crippen LogP contribution in [0.4, 0.5) is 8.78 Å². The lowest BCUT2D eigenvalue weighted by atomic mass is 10.2. The molecule has 0 saturated heterocycles. The summed E-state index contributed by atoms with van der Waals surface area (Å²) in [5, 5.41) is 0. The van der Waals surface area contributed by atoms with E-state index < -0.39 is 11.6 Å². The first-order valence-electron chi connectivity index (χ1n) is 2.73. The molecule has 0 radical (unpaired) electrons. The molecule has 3 heteroatoms. The molecule has 0 spiro atoms. The predicted molar refractivity (Wildman–Crippen MR) is 44.1 cm³/mol. The largest absolute Gasteiger partial charge is 0.207 e. The second-order valence-electron chi connectivity index (χ2n) is 1.91. The molecule has 0 bridgehead atoms. The Balaban J connectivity index is 3.06. The van der Waals surface area contributed by atoms with Gasteiger partial charge in [0.1, 0.15) is 11.6 Å². The Morgan fingerprint density at radius 1 is 1.10 bits per heavy atom. The van der Waals surface area contributed by atoms with Crippen LogP contribution in [0.5, 0.6) is 0 Å². The lowest BCUT2D eigenvalue weighted by Crippen LogP contribution is -1.83. The van der Waals surface area contributed by atoms with Crippen LogP contribution < -0.4 is 0 Å². The van der Waals surface area contributed by atoms with E-state index in [0.29, 0.717) is 9.99 Å². The molecule has 0 amide bonds. The Morgan fingerprint density at radius 3 is 2.00 bits per heavy atom. The fourth-order valence-corrected chi connectivity index (χ4v) is 1.13. The van der Waals surface area contributed by atoms with Crippen LogP contribution in [0.1, 0.15) is 5.56 Å². The first-order valence-corrected chi connectivity index (χ1v) is 4.26. The van der Waals surface area contributed by atoms with Crippen molar-refractivity contribution in [2.45, 2.75) is 4.43 Å². The summed E-state index contributed by atoms with van der Waals surface area (Å²) in [4.78, 5) is 0. The molecule has 0 aliphatic rings. The van der Waals surface area contributed by atoms with Gasteiger partial charge in [0.25, 0.3) is 0 Å². The van der Waals surface area contributed by atoms with Crippen molar-refractivity contribution in [3.05, 3.63) is 35.4 Å². The zero-order valence-corrected chi connectivity index (χ0v) is 7.23. The van der Waals surface area contributed by atoms with E-state index in [0.717, 1.165) is 6.07 Å². The Bertz CT molecular complexity index is 215. The van der Waals surface area contributed by atoms with Crippen LogP contribution in [0.15, 0.2) is 18.2 Å². The van der Waals surface area contributed by atoms with Crippen LogP contribution in [-0.2, 0) is 4.43 Å². The molecule has 1 aromatic rings. The highest BCUT2D eigenvalue weighted by atomic mass is 127. The van der Waals surface area contributed by atoms with Gasteiger partial charge < -0.3 is 0 Å². The van der Waals surface area contributed by atoms with Crippen molar-refractivity contribution in [3.63, 3.8) is 0 Å². The third-order valence-corrected chi connectivity index (χ3v) is 1.96. The van der Waals surface area contributed by atoms with E-state index in [2.05, 4.69) is 22.6 Å². The monoisotopic (exact) mass is 254 g/mol. The molecule has 10 heavy (non-hydrogen) atoms. The van der Waals surface area contributed by atoms with E-state index in [1.807, 2.05) is 0 Å². The number of hydrogen-bond donors (Lipinski definition) is 0. The van der Waals surface area contributed by atoms with Crippen LogP contribution in [0.2, 0.25) is 0 Å². The molecule has 0 N–H and O–H groups in total. The second-order valence-corrected chi connectivity index (χ2v) is 2.67. The Labute approximate surface area is 71.4 Å². The minimum atomic E-state index is -0.508. The van der Waals surface area contributed by atoms with Crippen LogP contribution in [-0.4, -0.2) is 0 Å².